The number of hydrogen-bond donors (Lipinski definition) is 0. The summed E-state index contributed by atoms with van der Waals surface area (Å²) in [7, 11) is -0.620. The Bertz CT molecular complexity index is 1380. The zero-order valence-electron chi connectivity index (χ0n) is 28.4. The average Bonchev–Trinajstić information content (AvgIpc) is 3.56. The van der Waals surface area contributed by atoms with Crippen molar-refractivity contribution in [2.24, 2.45) is 34.5 Å². The van der Waals surface area contributed by atoms with Gasteiger partial charge in [-0.05, 0) is 135 Å². The first kappa shape index (κ1) is 30.1. The molecule has 10 rings (SSSR count). The van der Waals surface area contributed by atoms with Gasteiger partial charge < -0.3 is 0 Å². The first-order valence-electron chi connectivity index (χ1n) is 17.8. The van der Waals surface area contributed by atoms with Crippen LogP contribution in [0.2, 0.25) is 0 Å². The average molecular weight is 625 g/mol. The van der Waals surface area contributed by atoms with Crippen molar-refractivity contribution in [3.63, 3.8) is 0 Å². The summed E-state index contributed by atoms with van der Waals surface area (Å²) in [4.78, 5) is 0. The lowest BCUT2D eigenvalue weighted by Gasteiger charge is -2.60. The van der Waals surface area contributed by atoms with Crippen LogP contribution in [0.1, 0.15) is 104 Å². The molecule has 8 aliphatic rings. The molecule has 2 aromatic carbocycles. The highest BCUT2D eigenvalue weighted by Crippen LogP contribution is 2.78. The van der Waals surface area contributed by atoms with E-state index in [0.29, 0.717) is 35.0 Å². The fourth-order valence-electron chi connectivity index (χ4n) is 11.0. The summed E-state index contributed by atoms with van der Waals surface area (Å²) in [5, 5.41) is 3.86. The molecule has 234 valence electrons. The quantitative estimate of drug-likeness (QED) is 0.283. The first-order valence-corrected chi connectivity index (χ1v) is 20.7. The van der Waals surface area contributed by atoms with E-state index in [1.807, 2.05) is 21.8 Å². The van der Waals surface area contributed by atoms with Gasteiger partial charge in [0.05, 0.1) is 12.1 Å². The Morgan fingerprint density at radius 3 is 1.32 bits per heavy atom. The molecule has 2 nitrogen and oxygen atoms in total. The number of nitrogens with zero attached hydrogens (tertiary/aromatic N) is 2. The second-order valence-corrected chi connectivity index (χ2v) is 20.9. The lowest BCUT2D eigenvalue weighted by atomic mass is 9.46. The first-order chi connectivity index (χ1) is 21.1. The minimum absolute atomic E-state index is 0.310. The summed E-state index contributed by atoms with van der Waals surface area (Å²) < 4.78 is 6.33. The van der Waals surface area contributed by atoms with E-state index in [0.717, 1.165) is 23.7 Å². The van der Waals surface area contributed by atoms with Crippen molar-refractivity contribution >= 4 is 16.1 Å². The number of hydrogen-bond acceptors (Lipinski definition) is 2. The minimum atomic E-state index is -0.310. The van der Waals surface area contributed by atoms with Crippen LogP contribution in [0, 0.1) is 34.5 Å². The van der Waals surface area contributed by atoms with Gasteiger partial charge in [0.1, 0.15) is 0 Å². The summed E-state index contributed by atoms with van der Waals surface area (Å²) in [6.07, 6.45) is 8.14. The molecule has 2 saturated carbocycles. The Morgan fingerprint density at radius 1 is 0.636 bits per heavy atom. The molecule has 2 heterocycles. The molecular formula is C40H54N2P2. The maximum Gasteiger partial charge on any atom is 0.0561 e. The van der Waals surface area contributed by atoms with Gasteiger partial charge in [-0.3, -0.25) is 9.34 Å². The number of benzene rings is 2. The largest absolute Gasteiger partial charge is 0.262 e. The predicted octanol–water partition coefficient (Wildman–Crippen LogP) is 11.4. The molecule has 2 fully saturated rings. The Labute approximate surface area is 270 Å². The molecule has 0 N–H and O–H groups in total. The van der Waals surface area contributed by atoms with Crippen molar-refractivity contribution in [2.45, 2.75) is 105 Å². The smallest absolute Gasteiger partial charge is 0.0561 e. The van der Waals surface area contributed by atoms with Crippen molar-refractivity contribution < 1.29 is 0 Å². The zero-order valence-corrected chi connectivity index (χ0v) is 30.2. The van der Waals surface area contributed by atoms with Gasteiger partial charge in [0.25, 0.3) is 0 Å². The van der Waals surface area contributed by atoms with Gasteiger partial charge in [-0.1, -0.05) is 102 Å². The van der Waals surface area contributed by atoms with Gasteiger partial charge in [-0.2, -0.15) is 0 Å². The van der Waals surface area contributed by atoms with Crippen LogP contribution in [0.3, 0.4) is 0 Å². The molecule has 10 atom stereocenters. The predicted molar refractivity (Wildman–Crippen MR) is 190 cm³/mol. The second-order valence-electron chi connectivity index (χ2n) is 16.1. The topological polar surface area (TPSA) is 6.48 Å². The van der Waals surface area contributed by atoms with Crippen molar-refractivity contribution in [3.05, 3.63) is 93.6 Å². The third-order valence-corrected chi connectivity index (χ3v) is 19.5. The minimum Gasteiger partial charge on any atom is -0.262 e. The highest BCUT2D eigenvalue weighted by atomic mass is 31.1. The van der Waals surface area contributed by atoms with Crippen LogP contribution in [0.15, 0.2) is 82.4 Å². The second kappa shape index (κ2) is 10.6. The van der Waals surface area contributed by atoms with Crippen molar-refractivity contribution in [1.29, 1.82) is 0 Å². The van der Waals surface area contributed by atoms with Gasteiger partial charge in [0.15, 0.2) is 0 Å². The Balaban J connectivity index is 1.35. The molecular weight excluding hydrogens is 570 g/mol. The standard InChI is InChI=1S/C40H54N2P2/c1-9-43-33-23-29-21-31(39(29,5)6)35(33)37(41(43)25(3)27-17-13-11-14-18-27)38-36-32-22-30(40(32,7)8)24-34(36)44(10-2)42(38)26(4)28-19-15-12-16-20-28/h11-20,25-26,29-32,37-38H,9-10,21-24H2,1-8H3. The molecule has 0 radical (unpaired) electrons. The van der Waals surface area contributed by atoms with Crippen LogP contribution < -0.4 is 0 Å². The number of rotatable bonds is 7. The van der Waals surface area contributed by atoms with E-state index in [2.05, 4.69) is 125 Å². The van der Waals surface area contributed by atoms with E-state index in [-0.39, 0.29) is 16.1 Å². The van der Waals surface area contributed by atoms with E-state index in [1.54, 1.807) is 0 Å². The maximum absolute atomic E-state index is 3.17. The zero-order chi connectivity index (χ0) is 30.7. The van der Waals surface area contributed by atoms with Crippen molar-refractivity contribution in [1.82, 2.24) is 9.34 Å². The molecule has 44 heavy (non-hydrogen) atoms. The summed E-state index contributed by atoms with van der Waals surface area (Å²) in [6.45, 7) is 20.6. The SMILES string of the molecule is CCP1C2=C(C(C3C4=C(CC5CC4C5(C)C)P(CC)N3C(C)c3ccccc3)N1C(C)c1ccccc1)C1CC(C2)C1(C)C. The summed E-state index contributed by atoms with van der Waals surface area (Å²) in [6, 6.07) is 25.0. The van der Waals surface area contributed by atoms with E-state index in [1.165, 1.54) is 49.1 Å². The molecule has 0 aromatic heterocycles. The molecule has 0 saturated heterocycles. The third-order valence-electron chi connectivity index (χ3n) is 13.9. The molecule has 2 aromatic rings. The third kappa shape index (κ3) is 4.00. The van der Waals surface area contributed by atoms with Crippen LogP contribution in [0.25, 0.3) is 0 Å². The van der Waals surface area contributed by atoms with Gasteiger partial charge in [0.2, 0.25) is 0 Å². The Morgan fingerprint density at radius 2 is 1.00 bits per heavy atom. The molecule has 10 unspecified atom stereocenters. The van der Waals surface area contributed by atoms with Gasteiger partial charge in [0, 0.05) is 12.1 Å². The lowest BCUT2D eigenvalue weighted by Crippen LogP contribution is -2.57. The molecule has 0 amide bonds. The highest BCUT2D eigenvalue weighted by Gasteiger charge is 2.66. The van der Waals surface area contributed by atoms with E-state index >= 15 is 0 Å². The summed E-state index contributed by atoms with van der Waals surface area (Å²) >= 11 is 0. The van der Waals surface area contributed by atoms with Crippen LogP contribution in [0.5, 0.6) is 0 Å². The van der Waals surface area contributed by atoms with Crippen LogP contribution in [-0.2, 0) is 0 Å². The summed E-state index contributed by atoms with van der Waals surface area (Å²) in [5.74, 6) is 3.26. The Kier molecular flexibility index (Phi) is 7.25. The fourth-order valence-corrected chi connectivity index (χ4v) is 17.2. The van der Waals surface area contributed by atoms with E-state index < -0.39 is 0 Å². The lowest BCUT2D eigenvalue weighted by molar-refractivity contribution is -0.0255. The summed E-state index contributed by atoms with van der Waals surface area (Å²) in [5.41, 5.74) is 7.75. The molecule has 2 aliphatic heterocycles. The monoisotopic (exact) mass is 624 g/mol. The van der Waals surface area contributed by atoms with E-state index in [9.17, 15) is 0 Å². The van der Waals surface area contributed by atoms with Crippen LogP contribution >= 0.6 is 16.1 Å². The van der Waals surface area contributed by atoms with Crippen molar-refractivity contribution in [3.8, 4) is 0 Å². The molecule has 4 bridgehead atoms. The van der Waals surface area contributed by atoms with Crippen LogP contribution in [-0.4, -0.2) is 33.7 Å². The van der Waals surface area contributed by atoms with Gasteiger partial charge in [-0.15, -0.1) is 0 Å². The Hall–Kier alpha value is -1.30. The van der Waals surface area contributed by atoms with Crippen LogP contribution in [0.4, 0.5) is 0 Å². The van der Waals surface area contributed by atoms with E-state index in [4.69, 9.17) is 0 Å². The molecule has 6 aliphatic carbocycles. The highest BCUT2D eigenvalue weighted by molar-refractivity contribution is 7.60. The number of allylic oxidation sites excluding steroid dienone is 2. The van der Waals surface area contributed by atoms with Crippen molar-refractivity contribution in [2.75, 3.05) is 12.3 Å². The molecule has 4 heteroatoms. The van der Waals surface area contributed by atoms with Gasteiger partial charge in [-0.25, -0.2) is 0 Å². The normalized spacial score (nSPS) is 38.1. The fraction of sp³-hybridized carbons (Fsp3) is 0.600. The maximum atomic E-state index is 3.17. The molecule has 0 spiro atoms. The van der Waals surface area contributed by atoms with Gasteiger partial charge >= 0.3 is 0 Å².